The molecule has 0 unspecified atom stereocenters. The average Bonchev–Trinajstić information content (AvgIpc) is 2.64. The van der Waals surface area contributed by atoms with Crippen LogP contribution in [0.1, 0.15) is 5.56 Å². The molecular formula is C16H17N3O7S. The van der Waals surface area contributed by atoms with Crippen LogP contribution in [-0.4, -0.2) is 33.0 Å². The van der Waals surface area contributed by atoms with Crippen molar-refractivity contribution in [2.24, 2.45) is 5.14 Å². The summed E-state index contributed by atoms with van der Waals surface area (Å²) < 4.78 is 32.7. The number of hydrogen-bond donors (Lipinski definition) is 2. The molecule has 3 N–H and O–H groups in total. The van der Waals surface area contributed by atoms with Crippen LogP contribution in [0.3, 0.4) is 0 Å². The van der Waals surface area contributed by atoms with Crippen molar-refractivity contribution in [3.8, 4) is 11.5 Å². The number of nitrogens with zero attached hydrogens (tertiary/aromatic N) is 1. The molecular weight excluding hydrogens is 378 g/mol. The highest BCUT2D eigenvalue weighted by molar-refractivity contribution is 7.89. The van der Waals surface area contributed by atoms with Crippen molar-refractivity contribution in [3.05, 3.63) is 58.1 Å². The predicted octanol–water partition coefficient (Wildman–Crippen LogP) is 0.946. The second kappa shape index (κ2) is 8.47. The fourth-order valence-corrected chi connectivity index (χ4v) is 2.60. The minimum atomic E-state index is -3.77. The molecule has 0 bridgehead atoms. The number of nitro groups is 1. The summed E-state index contributed by atoms with van der Waals surface area (Å²) in [6.07, 6.45) is 0. The molecule has 0 atom stereocenters. The third-order valence-electron chi connectivity index (χ3n) is 3.46. The van der Waals surface area contributed by atoms with E-state index in [0.29, 0.717) is 5.56 Å². The Kier molecular flexibility index (Phi) is 6.32. The van der Waals surface area contributed by atoms with Crippen LogP contribution in [0, 0.1) is 10.1 Å². The van der Waals surface area contributed by atoms with E-state index in [9.17, 15) is 23.3 Å². The average molecular weight is 395 g/mol. The molecule has 27 heavy (non-hydrogen) atoms. The van der Waals surface area contributed by atoms with Gasteiger partial charge in [0.15, 0.2) is 18.1 Å². The Balaban J connectivity index is 1.93. The molecule has 0 saturated carbocycles. The maximum atomic E-state index is 11.9. The molecule has 144 valence electrons. The first-order valence-electron chi connectivity index (χ1n) is 7.54. The molecule has 0 aliphatic rings. The second-order valence-corrected chi connectivity index (χ2v) is 6.91. The van der Waals surface area contributed by atoms with Crippen molar-refractivity contribution < 1.29 is 27.6 Å². The van der Waals surface area contributed by atoms with E-state index in [2.05, 4.69) is 5.32 Å². The second-order valence-electron chi connectivity index (χ2n) is 5.35. The van der Waals surface area contributed by atoms with Crippen LogP contribution in [0.15, 0.2) is 47.4 Å². The number of nitro benzene ring substituents is 1. The van der Waals surface area contributed by atoms with E-state index < -0.39 is 20.9 Å². The number of amides is 1. The third kappa shape index (κ3) is 5.66. The monoisotopic (exact) mass is 395 g/mol. The van der Waals surface area contributed by atoms with Crippen LogP contribution in [0.2, 0.25) is 0 Å². The zero-order valence-electron chi connectivity index (χ0n) is 14.2. The number of hydrogen-bond acceptors (Lipinski definition) is 7. The van der Waals surface area contributed by atoms with Crippen LogP contribution >= 0.6 is 0 Å². The maximum Gasteiger partial charge on any atom is 0.273 e. The van der Waals surface area contributed by atoms with Gasteiger partial charge in [0.1, 0.15) is 0 Å². The van der Waals surface area contributed by atoms with Gasteiger partial charge in [-0.05, 0) is 23.8 Å². The number of nitrogens with one attached hydrogen (secondary N) is 1. The summed E-state index contributed by atoms with van der Waals surface area (Å²) in [7, 11) is -2.40. The van der Waals surface area contributed by atoms with Gasteiger partial charge in [0.05, 0.1) is 23.0 Å². The highest BCUT2D eigenvalue weighted by Crippen LogP contribution is 2.30. The fraction of sp³-hybridized carbons (Fsp3) is 0.188. The molecule has 0 aromatic heterocycles. The van der Waals surface area contributed by atoms with Crippen molar-refractivity contribution in [2.45, 2.75) is 11.4 Å². The maximum absolute atomic E-state index is 11.9. The van der Waals surface area contributed by atoms with E-state index >= 15 is 0 Å². The smallest absolute Gasteiger partial charge is 0.273 e. The summed E-state index contributed by atoms with van der Waals surface area (Å²) >= 11 is 0. The molecule has 0 radical (unpaired) electrons. The van der Waals surface area contributed by atoms with Gasteiger partial charge in [0, 0.05) is 12.6 Å². The van der Waals surface area contributed by atoms with Gasteiger partial charge in [-0.15, -0.1) is 0 Å². The van der Waals surface area contributed by atoms with E-state index in [1.165, 1.54) is 43.5 Å². The van der Waals surface area contributed by atoms with Crippen LogP contribution in [0.25, 0.3) is 0 Å². The number of benzene rings is 2. The van der Waals surface area contributed by atoms with Crippen molar-refractivity contribution in [2.75, 3.05) is 13.7 Å². The molecule has 11 heteroatoms. The van der Waals surface area contributed by atoms with Crippen LogP contribution in [0.4, 0.5) is 5.69 Å². The number of nitrogens with two attached hydrogens (primary N) is 1. The van der Waals surface area contributed by atoms with Crippen LogP contribution < -0.4 is 19.9 Å². The molecule has 2 aromatic rings. The highest BCUT2D eigenvalue weighted by atomic mass is 32.2. The largest absolute Gasteiger partial charge is 0.493 e. The molecule has 1 amide bonds. The lowest BCUT2D eigenvalue weighted by atomic mass is 10.2. The first-order valence-corrected chi connectivity index (χ1v) is 9.09. The zero-order valence-corrected chi connectivity index (χ0v) is 15.1. The summed E-state index contributed by atoms with van der Waals surface area (Å²) in [5.74, 6) is -0.148. The van der Waals surface area contributed by atoms with Crippen molar-refractivity contribution in [1.29, 1.82) is 0 Å². The van der Waals surface area contributed by atoms with Gasteiger partial charge in [-0.1, -0.05) is 12.1 Å². The SMILES string of the molecule is COc1ccc([N+](=O)[O-])cc1OCC(=O)NCc1ccc(S(N)(=O)=O)cc1. The van der Waals surface area contributed by atoms with Crippen LogP contribution in [-0.2, 0) is 21.4 Å². The number of primary sulfonamides is 1. The topological polar surface area (TPSA) is 151 Å². The minimum absolute atomic E-state index is 0.0290. The van der Waals surface area contributed by atoms with Gasteiger partial charge in [0.25, 0.3) is 11.6 Å². The van der Waals surface area contributed by atoms with Gasteiger partial charge in [-0.3, -0.25) is 14.9 Å². The predicted molar refractivity (Wildman–Crippen MR) is 94.8 cm³/mol. The number of carbonyl (C=O) groups excluding carboxylic acids is 1. The standard InChI is InChI=1S/C16H17N3O7S/c1-25-14-7-4-12(19(21)22)8-15(14)26-10-16(20)18-9-11-2-5-13(6-3-11)27(17,23)24/h2-8H,9-10H2,1H3,(H,18,20)(H2,17,23,24). The van der Waals surface area contributed by atoms with Crippen molar-refractivity contribution in [1.82, 2.24) is 5.32 Å². The first-order chi connectivity index (χ1) is 12.7. The number of non-ortho nitro benzene ring substituents is 1. The van der Waals surface area contributed by atoms with Crippen LogP contribution in [0.5, 0.6) is 11.5 Å². The highest BCUT2D eigenvalue weighted by Gasteiger charge is 2.14. The van der Waals surface area contributed by atoms with E-state index in [-0.39, 0.29) is 35.2 Å². The number of sulfonamides is 1. The minimum Gasteiger partial charge on any atom is -0.493 e. The summed E-state index contributed by atoms with van der Waals surface area (Å²) in [5.41, 5.74) is 0.463. The summed E-state index contributed by atoms with van der Waals surface area (Å²) in [4.78, 5) is 22.1. The quantitative estimate of drug-likeness (QED) is 0.499. The molecule has 0 heterocycles. The molecule has 0 aliphatic heterocycles. The van der Waals surface area contributed by atoms with E-state index in [1.54, 1.807) is 0 Å². The molecule has 2 aromatic carbocycles. The molecule has 0 aliphatic carbocycles. The Hall–Kier alpha value is -3.18. The first kappa shape index (κ1) is 20.1. The Morgan fingerprint density at radius 2 is 1.85 bits per heavy atom. The molecule has 0 spiro atoms. The lowest BCUT2D eigenvalue weighted by Gasteiger charge is -2.11. The van der Waals surface area contributed by atoms with Crippen molar-refractivity contribution in [3.63, 3.8) is 0 Å². The fourth-order valence-electron chi connectivity index (χ4n) is 2.08. The van der Waals surface area contributed by atoms with E-state index in [1.807, 2.05) is 0 Å². The lowest BCUT2D eigenvalue weighted by Crippen LogP contribution is -2.28. The summed E-state index contributed by atoms with van der Waals surface area (Å²) in [6.45, 7) is -0.244. The molecule has 10 nitrogen and oxygen atoms in total. The molecule has 0 saturated heterocycles. The van der Waals surface area contributed by atoms with E-state index in [0.717, 1.165) is 6.07 Å². The van der Waals surface area contributed by atoms with Gasteiger partial charge < -0.3 is 14.8 Å². The number of methoxy groups -OCH3 is 1. The Morgan fingerprint density at radius 3 is 2.41 bits per heavy atom. The Morgan fingerprint density at radius 1 is 1.19 bits per heavy atom. The normalized spacial score (nSPS) is 10.9. The van der Waals surface area contributed by atoms with Crippen molar-refractivity contribution >= 4 is 21.6 Å². The van der Waals surface area contributed by atoms with Gasteiger partial charge in [0.2, 0.25) is 10.0 Å². The van der Waals surface area contributed by atoms with Gasteiger partial charge in [-0.25, -0.2) is 13.6 Å². The summed E-state index contributed by atoms with van der Waals surface area (Å²) in [5, 5.41) is 18.4. The lowest BCUT2D eigenvalue weighted by molar-refractivity contribution is -0.385. The number of rotatable bonds is 8. The number of carbonyl (C=O) groups is 1. The Labute approximate surface area is 155 Å². The molecule has 2 rings (SSSR count). The van der Waals surface area contributed by atoms with E-state index in [4.69, 9.17) is 14.6 Å². The van der Waals surface area contributed by atoms with Gasteiger partial charge in [-0.2, -0.15) is 0 Å². The molecule has 0 fully saturated rings. The summed E-state index contributed by atoms with van der Waals surface area (Å²) in [6, 6.07) is 9.50. The Bertz CT molecular complexity index is 943. The third-order valence-corrected chi connectivity index (χ3v) is 4.39. The number of ether oxygens (including phenoxy) is 2. The van der Waals surface area contributed by atoms with Gasteiger partial charge >= 0.3 is 0 Å². The zero-order chi connectivity index (χ0) is 20.0.